The highest BCUT2D eigenvalue weighted by Gasteiger charge is 2.35. The first-order chi connectivity index (χ1) is 9.18. The van der Waals surface area contributed by atoms with Gasteiger partial charge in [0.05, 0.1) is 17.3 Å². The molecule has 1 amide bonds. The van der Waals surface area contributed by atoms with Gasteiger partial charge in [0.15, 0.2) is 0 Å². The summed E-state index contributed by atoms with van der Waals surface area (Å²) >= 11 is 0. The van der Waals surface area contributed by atoms with Crippen molar-refractivity contribution in [1.82, 2.24) is 15.1 Å². The van der Waals surface area contributed by atoms with E-state index < -0.39 is 12.0 Å². The molecule has 0 aliphatic carbocycles. The number of carbonyl (C=O) groups is 2. The first-order valence-corrected chi connectivity index (χ1v) is 6.14. The summed E-state index contributed by atoms with van der Waals surface area (Å²) in [7, 11) is 0. The average Bonchev–Trinajstić information content (AvgIpc) is 3.05. The zero-order chi connectivity index (χ0) is 13.4. The minimum absolute atomic E-state index is 0.250. The number of aromatic amines is 1. The van der Waals surface area contributed by atoms with Crippen molar-refractivity contribution in [3.63, 3.8) is 0 Å². The lowest BCUT2D eigenvalue weighted by Gasteiger charge is -2.21. The molecule has 1 aliphatic heterocycles. The Balaban J connectivity index is 2.00. The van der Waals surface area contributed by atoms with Gasteiger partial charge >= 0.3 is 5.97 Å². The van der Waals surface area contributed by atoms with E-state index in [-0.39, 0.29) is 5.91 Å². The molecule has 6 heteroatoms. The molecule has 1 aliphatic rings. The van der Waals surface area contributed by atoms with Crippen LogP contribution in [0, 0.1) is 0 Å². The molecule has 98 valence electrons. The van der Waals surface area contributed by atoms with E-state index in [1.54, 1.807) is 18.3 Å². The van der Waals surface area contributed by atoms with Crippen LogP contribution in [0.2, 0.25) is 0 Å². The summed E-state index contributed by atoms with van der Waals surface area (Å²) in [6.45, 7) is 0.486. The Kier molecular flexibility index (Phi) is 2.70. The maximum absolute atomic E-state index is 12.5. The Bertz CT molecular complexity index is 649. The molecule has 1 aromatic carbocycles. The standard InChI is InChI=1S/C13H13N3O3/c17-12(16-6-2-5-10(16)13(18)19)9-4-1-3-8-7-14-15-11(8)9/h1,3-4,7,10H,2,5-6H2,(H,14,15)(H,18,19)/t10-/m0/s1. The number of nitrogens with one attached hydrogen (secondary N) is 1. The van der Waals surface area contributed by atoms with Crippen LogP contribution in [-0.4, -0.2) is 44.7 Å². The number of likely N-dealkylation sites (tertiary alicyclic amines) is 1. The number of carboxylic acid groups (broad SMARTS) is 1. The third-order valence-corrected chi connectivity index (χ3v) is 3.51. The van der Waals surface area contributed by atoms with Crippen LogP contribution >= 0.6 is 0 Å². The number of amides is 1. The fourth-order valence-corrected chi connectivity index (χ4v) is 2.57. The number of benzene rings is 1. The number of fused-ring (bicyclic) bond motifs is 1. The highest BCUT2D eigenvalue weighted by Crippen LogP contribution is 2.23. The van der Waals surface area contributed by atoms with E-state index >= 15 is 0 Å². The summed E-state index contributed by atoms with van der Waals surface area (Å²) in [5.41, 5.74) is 1.13. The van der Waals surface area contributed by atoms with Crippen LogP contribution in [0.4, 0.5) is 0 Å². The topological polar surface area (TPSA) is 86.3 Å². The second-order valence-electron chi connectivity index (χ2n) is 4.63. The van der Waals surface area contributed by atoms with E-state index in [4.69, 9.17) is 5.11 Å². The Labute approximate surface area is 109 Å². The predicted octanol–water partition coefficient (Wildman–Crippen LogP) is 1.25. The Hall–Kier alpha value is -2.37. The molecule has 1 fully saturated rings. The zero-order valence-electron chi connectivity index (χ0n) is 10.2. The van der Waals surface area contributed by atoms with Gasteiger partial charge in [-0.25, -0.2) is 4.79 Å². The molecule has 6 nitrogen and oxygen atoms in total. The Morgan fingerprint density at radius 1 is 1.42 bits per heavy atom. The number of hydrogen-bond acceptors (Lipinski definition) is 3. The monoisotopic (exact) mass is 259 g/mol. The molecule has 19 heavy (non-hydrogen) atoms. The molecule has 0 radical (unpaired) electrons. The lowest BCUT2D eigenvalue weighted by Crippen LogP contribution is -2.40. The van der Waals surface area contributed by atoms with Crippen LogP contribution < -0.4 is 0 Å². The number of carboxylic acids is 1. The first kappa shape index (κ1) is 11.7. The summed E-state index contributed by atoms with van der Waals surface area (Å²) in [5, 5.41) is 16.7. The number of hydrogen-bond donors (Lipinski definition) is 2. The van der Waals surface area contributed by atoms with Crippen molar-refractivity contribution in [3.05, 3.63) is 30.0 Å². The molecule has 2 aromatic rings. The second-order valence-corrected chi connectivity index (χ2v) is 4.63. The predicted molar refractivity (Wildman–Crippen MR) is 67.8 cm³/mol. The molecule has 0 unspecified atom stereocenters. The SMILES string of the molecule is O=C(O)[C@@H]1CCCN1C(=O)c1cccc2cn[nH]c12. The number of aliphatic carboxylic acids is 1. The minimum atomic E-state index is -0.942. The number of rotatable bonds is 2. The second kappa shape index (κ2) is 4.38. The van der Waals surface area contributed by atoms with Crippen molar-refractivity contribution in [2.24, 2.45) is 0 Å². The number of aromatic nitrogens is 2. The van der Waals surface area contributed by atoms with Crippen LogP contribution in [0.3, 0.4) is 0 Å². The van der Waals surface area contributed by atoms with E-state index in [9.17, 15) is 9.59 Å². The molecular weight excluding hydrogens is 246 g/mol. The summed E-state index contributed by atoms with van der Waals surface area (Å²) in [4.78, 5) is 25.1. The molecule has 1 saturated heterocycles. The van der Waals surface area contributed by atoms with Gasteiger partial charge in [-0.15, -0.1) is 0 Å². The normalized spacial score (nSPS) is 18.9. The van der Waals surface area contributed by atoms with E-state index in [0.29, 0.717) is 24.0 Å². The fraction of sp³-hybridized carbons (Fsp3) is 0.308. The summed E-state index contributed by atoms with van der Waals surface area (Å²) in [6.07, 6.45) is 2.88. The fourth-order valence-electron chi connectivity index (χ4n) is 2.57. The highest BCUT2D eigenvalue weighted by molar-refractivity contribution is 6.06. The van der Waals surface area contributed by atoms with Gasteiger partial charge in [0, 0.05) is 11.9 Å². The van der Waals surface area contributed by atoms with Crippen LogP contribution in [0.1, 0.15) is 23.2 Å². The summed E-state index contributed by atoms with van der Waals surface area (Å²) in [6, 6.07) is 4.61. The molecule has 2 heterocycles. The average molecular weight is 259 g/mol. The lowest BCUT2D eigenvalue weighted by atomic mass is 10.1. The Morgan fingerprint density at radius 2 is 2.26 bits per heavy atom. The van der Waals surface area contributed by atoms with Crippen LogP contribution in [-0.2, 0) is 4.79 Å². The number of para-hydroxylation sites is 1. The number of H-pyrrole nitrogens is 1. The Morgan fingerprint density at radius 3 is 3.05 bits per heavy atom. The number of carbonyl (C=O) groups excluding carboxylic acids is 1. The van der Waals surface area contributed by atoms with Crippen molar-refractivity contribution >= 4 is 22.8 Å². The molecule has 1 atom stereocenters. The molecule has 0 saturated carbocycles. The van der Waals surface area contributed by atoms with Gasteiger partial charge in [0.1, 0.15) is 6.04 Å². The van der Waals surface area contributed by atoms with E-state index in [0.717, 1.165) is 11.8 Å². The third kappa shape index (κ3) is 1.85. The summed E-state index contributed by atoms with van der Waals surface area (Å²) < 4.78 is 0. The van der Waals surface area contributed by atoms with Gasteiger partial charge in [-0.2, -0.15) is 5.10 Å². The largest absolute Gasteiger partial charge is 0.480 e. The molecular formula is C13H13N3O3. The van der Waals surface area contributed by atoms with Gasteiger partial charge < -0.3 is 10.0 Å². The van der Waals surface area contributed by atoms with Crippen molar-refractivity contribution in [2.75, 3.05) is 6.54 Å². The first-order valence-electron chi connectivity index (χ1n) is 6.14. The van der Waals surface area contributed by atoms with Crippen molar-refractivity contribution in [3.8, 4) is 0 Å². The van der Waals surface area contributed by atoms with Crippen molar-refractivity contribution in [1.29, 1.82) is 0 Å². The lowest BCUT2D eigenvalue weighted by molar-refractivity contribution is -0.141. The number of nitrogens with zero attached hydrogens (tertiary/aromatic N) is 2. The molecule has 0 bridgehead atoms. The van der Waals surface area contributed by atoms with Gasteiger partial charge in [-0.3, -0.25) is 9.89 Å². The van der Waals surface area contributed by atoms with E-state index in [1.807, 2.05) is 6.07 Å². The maximum atomic E-state index is 12.5. The van der Waals surface area contributed by atoms with Crippen molar-refractivity contribution in [2.45, 2.75) is 18.9 Å². The smallest absolute Gasteiger partial charge is 0.326 e. The zero-order valence-corrected chi connectivity index (χ0v) is 10.2. The van der Waals surface area contributed by atoms with Gasteiger partial charge in [-0.1, -0.05) is 12.1 Å². The minimum Gasteiger partial charge on any atom is -0.480 e. The highest BCUT2D eigenvalue weighted by atomic mass is 16.4. The van der Waals surface area contributed by atoms with Crippen LogP contribution in [0.25, 0.3) is 10.9 Å². The third-order valence-electron chi connectivity index (χ3n) is 3.51. The van der Waals surface area contributed by atoms with Gasteiger partial charge in [-0.05, 0) is 18.9 Å². The maximum Gasteiger partial charge on any atom is 0.326 e. The van der Waals surface area contributed by atoms with Crippen molar-refractivity contribution < 1.29 is 14.7 Å². The van der Waals surface area contributed by atoms with Gasteiger partial charge in [0.2, 0.25) is 0 Å². The molecule has 3 rings (SSSR count). The van der Waals surface area contributed by atoms with Crippen LogP contribution in [0.5, 0.6) is 0 Å². The van der Waals surface area contributed by atoms with E-state index in [1.165, 1.54) is 4.90 Å². The molecule has 2 N–H and O–H groups in total. The molecule has 1 aromatic heterocycles. The molecule has 0 spiro atoms. The van der Waals surface area contributed by atoms with E-state index in [2.05, 4.69) is 10.2 Å². The van der Waals surface area contributed by atoms with Crippen LogP contribution in [0.15, 0.2) is 24.4 Å². The summed E-state index contributed by atoms with van der Waals surface area (Å²) in [5.74, 6) is -1.19. The quantitative estimate of drug-likeness (QED) is 0.849. The van der Waals surface area contributed by atoms with Gasteiger partial charge in [0.25, 0.3) is 5.91 Å².